The molecule has 8 nitrogen and oxygen atoms in total. The molecule has 2 heterocycles. The zero-order valence-electron chi connectivity index (χ0n) is 14.8. The molecule has 0 fully saturated rings. The molecule has 0 radical (unpaired) electrons. The Morgan fingerprint density at radius 2 is 2.00 bits per heavy atom. The number of aromatic nitrogens is 3. The summed E-state index contributed by atoms with van der Waals surface area (Å²) in [7, 11) is 1.52. The summed E-state index contributed by atoms with van der Waals surface area (Å²) < 4.78 is 6.68. The minimum atomic E-state index is -0.831. The summed E-state index contributed by atoms with van der Waals surface area (Å²) in [4.78, 5) is 29.3. The number of anilines is 2. The highest BCUT2D eigenvalue weighted by Gasteiger charge is 2.33. The van der Waals surface area contributed by atoms with Gasteiger partial charge in [-0.15, -0.1) is 5.10 Å². The van der Waals surface area contributed by atoms with Crippen LogP contribution in [0.3, 0.4) is 0 Å². The summed E-state index contributed by atoms with van der Waals surface area (Å²) in [6, 6.07) is 13.2. The third-order valence-electron chi connectivity index (χ3n) is 4.33. The van der Waals surface area contributed by atoms with Gasteiger partial charge >= 0.3 is 0 Å². The lowest BCUT2D eigenvalue weighted by atomic mass is 10.1. The molecule has 0 saturated heterocycles. The van der Waals surface area contributed by atoms with E-state index in [0.29, 0.717) is 22.3 Å². The molecule has 2 amide bonds. The maximum absolute atomic E-state index is 12.9. The van der Waals surface area contributed by atoms with Gasteiger partial charge in [-0.05, 0) is 36.4 Å². The molecule has 1 aliphatic rings. The van der Waals surface area contributed by atoms with Crippen molar-refractivity contribution in [1.29, 1.82) is 0 Å². The molecule has 3 aromatic rings. The van der Waals surface area contributed by atoms with Crippen LogP contribution in [0.4, 0.5) is 11.6 Å². The topological polar surface area (TPSA) is 98.1 Å². The van der Waals surface area contributed by atoms with Gasteiger partial charge in [0.25, 0.3) is 0 Å². The van der Waals surface area contributed by atoms with E-state index >= 15 is 0 Å². The molecular formula is C19H16ClN5O3. The number of halogens is 1. The summed E-state index contributed by atoms with van der Waals surface area (Å²) in [6.07, 6.45) is -0.0442. The molecule has 1 atom stereocenters. The number of nitrogens with zero attached hydrogens (tertiary/aromatic N) is 3. The van der Waals surface area contributed by atoms with E-state index in [0.717, 1.165) is 5.56 Å². The van der Waals surface area contributed by atoms with E-state index in [2.05, 4.69) is 20.7 Å². The van der Waals surface area contributed by atoms with Gasteiger partial charge in [0, 0.05) is 10.6 Å². The van der Waals surface area contributed by atoms with Gasteiger partial charge in [-0.25, -0.2) is 4.68 Å². The number of fused-ring (bicyclic) bond motifs is 1. The highest BCUT2D eigenvalue weighted by Crippen LogP contribution is 2.29. The molecule has 1 aliphatic heterocycles. The van der Waals surface area contributed by atoms with Gasteiger partial charge < -0.3 is 10.1 Å². The van der Waals surface area contributed by atoms with Crippen LogP contribution >= 0.6 is 11.6 Å². The molecule has 142 valence electrons. The number of nitrogens with one attached hydrogen (secondary N) is 2. The first-order valence-corrected chi connectivity index (χ1v) is 8.89. The van der Waals surface area contributed by atoms with Crippen molar-refractivity contribution in [1.82, 2.24) is 14.8 Å². The number of para-hydroxylation sites is 2. The van der Waals surface area contributed by atoms with Crippen molar-refractivity contribution in [2.24, 2.45) is 0 Å². The second-order valence-electron chi connectivity index (χ2n) is 6.17. The smallest absolute Gasteiger partial charge is 0.250 e. The van der Waals surface area contributed by atoms with Crippen LogP contribution in [-0.2, 0) is 9.59 Å². The van der Waals surface area contributed by atoms with Crippen LogP contribution < -0.4 is 15.4 Å². The number of carbonyl (C=O) groups is 2. The van der Waals surface area contributed by atoms with Crippen LogP contribution in [0, 0.1) is 0 Å². The van der Waals surface area contributed by atoms with Crippen molar-refractivity contribution < 1.29 is 14.3 Å². The van der Waals surface area contributed by atoms with E-state index in [1.54, 1.807) is 48.5 Å². The third-order valence-corrected chi connectivity index (χ3v) is 4.58. The average Bonchev–Trinajstić information content (AvgIpc) is 3.12. The van der Waals surface area contributed by atoms with Gasteiger partial charge in [-0.2, -0.15) is 4.98 Å². The normalized spacial score (nSPS) is 15.5. The third kappa shape index (κ3) is 3.41. The van der Waals surface area contributed by atoms with Crippen LogP contribution in [0.5, 0.6) is 5.75 Å². The fourth-order valence-corrected chi connectivity index (χ4v) is 3.08. The number of rotatable bonds is 4. The molecule has 0 aliphatic carbocycles. The Morgan fingerprint density at radius 3 is 2.75 bits per heavy atom. The molecule has 0 spiro atoms. The highest BCUT2D eigenvalue weighted by molar-refractivity contribution is 6.30. The lowest BCUT2D eigenvalue weighted by Gasteiger charge is -2.22. The Morgan fingerprint density at radius 1 is 1.25 bits per heavy atom. The number of methoxy groups -OCH3 is 1. The van der Waals surface area contributed by atoms with Crippen molar-refractivity contribution in [3.63, 3.8) is 0 Å². The Labute approximate surface area is 165 Å². The average molecular weight is 398 g/mol. The van der Waals surface area contributed by atoms with Crippen LogP contribution in [0.25, 0.3) is 11.4 Å². The van der Waals surface area contributed by atoms with Crippen LogP contribution in [0.15, 0.2) is 48.5 Å². The maximum atomic E-state index is 12.9. The van der Waals surface area contributed by atoms with E-state index in [1.165, 1.54) is 11.8 Å². The minimum Gasteiger partial charge on any atom is -0.495 e. The van der Waals surface area contributed by atoms with E-state index in [1.807, 2.05) is 0 Å². The first kappa shape index (κ1) is 18.0. The van der Waals surface area contributed by atoms with Gasteiger partial charge in [0.05, 0.1) is 19.2 Å². The predicted octanol–water partition coefficient (Wildman–Crippen LogP) is 3.13. The highest BCUT2D eigenvalue weighted by atomic mass is 35.5. The van der Waals surface area contributed by atoms with Crippen molar-refractivity contribution >= 4 is 35.1 Å². The molecule has 0 bridgehead atoms. The van der Waals surface area contributed by atoms with Gasteiger partial charge in [0.2, 0.25) is 17.8 Å². The van der Waals surface area contributed by atoms with Gasteiger partial charge in [-0.3, -0.25) is 14.9 Å². The number of hydrogen-bond acceptors (Lipinski definition) is 5. The largest absolute Gasteiger partial charge is 0.495 e. The fraction of sp³-hybridized carbons (Fsp3) is 0.158. The quantitative estimate of drug-likeness (QED) is 0.704. The van der Waals surface area contributed by atoms with E-state index in [-0.39, 0.29) is 24.2 Å². The van der Waals surface area contributed by atoms with Crippen LogP contribution in [-0.4, -0.2) is 33.7 Å². The van der Waals surface area contributed by atoms with Crippen LogP contribution in [0.2, 0.25) is 5.02 Å². The second-order valence-corrected chi connectivity index (χ2v) is 6.60. The molecule has 9 heteroatoms. The van der Waals surface area contributed by atoms with E-state index in [4.69, 9.17) is 16.3 Å². The summed E-state index contributed by atoms with van der Waals surface area (Å²) in [5, 5.41) is 10.5. The zero-order chi connectivity index (χ0) is 19.7. The first-order chi connectivity index (χ1) is 13.5. The number of ether oxygens (including phenoxy) is 1. The number of amides is 2. The summed E-state index contributed by atoms with van der Waals surface area (Å²) in [6.45, 7) is 0. The summed E-state index contributed by atoms with van der Waals surface area (Å²) in [5.41, 5.74) is 1.24. The molecule has 2 N–H and O–H groups in total. The number of hydrogen-bond donors (Lipinski definition) is 2. The Kier molecular flexibility index (Phi) is 4.70. The Balaban J connectivity index is 1.65. The van der Waals surface area contributed by atoms with Crippen molar-refractivity contribution in [3.05, 3.63) is 53.6 Å². The van der Waals surface area contributed by atoms with Gasteiger partial charge in [0.1, 0.15) is 11.8 Å². The lowest BCUT2D eigenvalue weighted by Crippen LogP contribution is -2.36. The predicted molar refractivity (Wildman–Crippen MR) is 104 cm³/mol. The summed E-state index contributed by atoms with van der Waals surface area (Å²) in [5.74, 6) is 0.456. The van der Waals surface area contributed by atoms with Crippen LogP contribution in [0.1, 0.15) is 12.5 Å². The maximum Gasteiger partial charge on any atom is 0.250 e. The number of carbonyl (C=O) groups excluding carboxylic acids is 2. The Hall–Kier alpha value is -3.39. The molecule has 1 aromatic heterocycles. The minimum absolute atomic E-state index is 0.0442. The second kappa shape index (κ2) is 7.32. The molecule has 4 rings (SSSR count). The van der Waals surface area contributed by atoms with Crippen molar-refractivity contribution in [2.45, 2.75) is 12.5 Å². The van der Waals surface area contributed by atoms with Gasteiger partial charge in [-0.1, -0.05) is 23.7 Å². The fourth-order valence-electron chi connectivity index (χ4n) is 2.95. The van der Waals surface area contributed by atoms with Crippen molar-refractivity contribution in [3.8, 4) is 17.1 Å². The SMILES string of the molecule is COc1ccccc1NC(=O)[C@@H]1CC(=O)Nc2nc(-c3ccc(Cl)cc3)nn21. The van der Waals surface area contributed by atoms with Crippen molar-refractivity contribution in [2.75, 3.05) is 17.7 Å². The Bertz CT molecular complexity index is 1050. The number of benzene rings is 2. The molecule has 0 unspecified atom stereocenters. The first-order valence-electron chi connectivity index (χ1n) is 8.51. The lowest BCUT2D eigenvalue weighted by molar-refractivity contribution is -0.125. The standard InChI is InChI=1S/C19H16ClN5O3/c1-28-15-5-3-2-4-13(15)21-18(27)14-10-16(26)22-19-23-17(24-25(14)19)11-6-8-12(20)9-7-11/h2-9,14H,10H2,1H3,(H,21,27)(H,22,23,24,26)/t14-/m0/s1. The van der Waals surface area contributed by atoms with E-state index < -0.39 is 6.04 Å². The molecular weight excluding hydrogens is 382 g/mol. The summed E-state index contributed by atoms with van der Waals surface area (Å²) >= 11 is 5.92. The monoisotopic (exact) mass is 397 g/mol. The molecule has 2 aromatic carbocycles. The van der Waals surface area contributed by atoms with Gasteiger partial charge in [0.15, 0.2) is 5.82 Å². The molecule has 28 heavy (non-hydrogen) atoms. The molecule has 0 saturated carbocycles. The van der Waals surface area contributed by atoms with E-state index in [9.17, 15) is 9.59 Å². The zero-order valence-corrected chi connectivity index (χ0v) is 15.6.